The van der Waals surface area contributed by atoms with Crippen LogP contribution in [0.3, 0.4) is 0 Å². The van der Waals surface area contributed by atoms with Crippen LogP contribution in [0.2, 0.25) is 0 Å². The molecule has 3 nitrogen and oxygen atoms in total. The van der Waals surface area contributed by atoms with Crippen LogP contribution in [-0.4, -0.2) is 39.5 Å². The SMILES string of the molecule is CCCCC1OCCC1CNCCOC. The lowest BCUT2D eigenvalue weighted by Crippen LogP contribution is -2.30. The van der Waals surface area contributed by atoms with Crippen LogP contribution in [0.5, 0.6) is 0 Å². The van der Waals surface area contributed by atoms with Gasteiger partial charge in [0, 0.05) is 26.8 Å². The minimum Gasteiger partial charge on any atom is -0.383 e. The van der Waals surface area contributed by atoms with Gasteiger partial charge in [-0.15, -0.1) is 0 Å². The highest BCUT2D eigenvalue weighted by atomic mass is 16.5. The van der Waals surface area contributed by atoms with Gasteiger partial charge in [0.15, 0.2) is 0 Å². The van der Waals surface area contributed by atoms with Crippen molar-refractivity contribution in [1.82, 2.24) is 5.32 Å². The first-order valence-corrected chi connectivity index (χ1v) is 6.19. The molecule has 1 fully saturated rings. The van der Waals surface area contributed by atoms with Gasteiger partial charge < -0.3 is 14.8 Å². The Morgan fingerprint density at radius 3 is 3.07 bits per heavy atom. The highest BCUT2D eigenvalue weighted by Gasteiger charge is 2.26. The fourth-order valence-corrected chi connectivity index (χ4v) is 2.11. The molecule has 0 spiro atoms. The number of methoxy groups -OCH3 is 1. The van der Waals surface area contributed by atoms with Gasteiger partial charge in [-0.2, -0.15) is 0 Å². The molecule has 3 heteroatoms. The Labute approximate surface area is 93.5 Å². The number of unbranched alkanes of at least 4 members (excludes halogenated alkanes) is 1. The minimum atomic E-state index is 0.500. The van der Waals surface area contributed by atoms with Gasteiger partial charge in [-0.25, -0.2) is 0 Å². The van der Waals surface area contributed by atoms with E-state index in [2.05, 4.69) is 12.2 Å². The van der Waals surface area contributed by atoms with Crippen molar-refractivity contribution in [3.63, 3.8) is 0 Å². The standard InChI is InChI=1S/C12H25NO2/c1-3-4-5-12-11(6-8-15-12)10-13-7-9-14-2/h11-13H,3-10H2,1-2H3. The van der Waals surface area contributed by atoms with Crippen LogP contribution >= 0.6 is 0 Å². The van der Waals surface area contributed by atoms with Crippen LogP contribution in [0.25, 0.3) is 0 Å². The second kappa shape index (κ2) is 8.08. The molecule has 0 aromatic rings. The summed E-state index contributed by atoms with van der Waals surface area (Å²) in [6, 6.07) is 0. The molecule has 0 amide bonds. The fraction of sp³-hybridized carbons (Fsp3) is 1.00. The predicted octanol–water partition coefficient (Wildman–Crippen LogP) is 1.82. The van der Waals surface area contributed by atoms with Gasteiger partial charge in [0.05, 0.1) is 12.7 Å². The van der Waals surface area contributed by atoms with Gasteiger partial charge in [-0.3, -0.25) is 0 Å². The minimum absolute atomic E-state index is 0.500. The summed E-state index contributed by atoms with van der Waals surface area (Å²) in [5, 5.41) is 3.43. The Morgan fingerprint density at radius 1 is 1.47 bits per heavy atom. The Hall–Kier alpha value is -0.120. The lowest BCUT2D eigenvalue weighted by molar-refractivity contribution is 0.0808. The predicted molar refractivity (Wildman–Crippen MR) is 62.1 cm³/mol. The largest absolute Gasteiger partial charge is 0.383 e. The third-order valence-electron chi connectivity index (χ3n) is 3.08. The van der Waals surface area contributed by atoms with Crippen molar-refractivity contribution in [1.29, 1.82) is 0 Å². The second-order valence-corrected chi connectivity index (χ2v) is 4.30. The van der Waals surface area contributed by atoms with E-state index in [9.17, 15) is 0 Å². The molecular formula is C12H25NO2. The molecule has 0 aromatic heterocycles. The molecule has 90 valence electrons. The van der Waals surface area contributed by atoms with Crippen LogP contribution in [0.4, 0.5) is 0 Å². The van der Waals surface area contributed by atoms with Gasteiger partial charge in [0.1, 0.15) is 0 Å². The molecule has 1 aliphatic rings. The van der Waals surface area contributed by atoms with Crippen molar-refractivity contribution in [2.45, 2.75) is 38.7 Å². The summed E-state index contributed by atoms with van der Waals surface area (Å²) in [5.74, 6) is 0.716. The maximum absolute atomic E-state index is 5.75. The maximum Gasteiger partial charge on any atom is 0.0616 e. The number of nitrogens with one attached hydrogen (secondary N) is 1. The van der Waals surface area contributed by atoms with E-state index in [4.69, 9.17) is 9.47 Å². The van der Waals surface area contributed by atoms with Gasteiger partial charge >= 0.3 is 0 Å². The summed E-state index contributed by atoms with van der Waals surface area (Å²) >= 11 is 0. The van der Waals surface area contributed by atoms with Crippen molar-refractivity contribution in [3.05, 3.63) is 0 Å². The van der Waals surface area contributed by atoms with Crippen molar-refractivity contribution in [2.24, 2.45) is 5.92 Å². The zero-order chi connectivity index (χ0) is 10.9. The molecule has 0 radical (unpaired) electrons. The summed E-state index contributed by atoms with van der Waals surface area (Å²) in [4.78, 5) is 0. The van der Waals surface area contributed by atoms with Crippen LogP contribution in [0, 0.1) is 5.92 Å². The normalized spacial score (nSPS) is 26.0. The van der Waals surface area contributed by atoms with Gasteiger partial charge in [0.2, 0.25) is 0 Å². The Kier molecular flexibility index (Phi) is 6.98. The maximum atomic E-state index is 5.75. The average Bonchev–Trinajstić information content (AvgIpc) is 2.69. The van der Waals surface area contributed by atoms with Crippen molar-refractivity contribution in [3.8, 4) is 0 Å². The zero-order valence-electron chi connectivity index (χ0n) is 10.1. The zero-order valence-corrected chi connectivity index (χ0v) is 10.1. The van der Waals surface area contributed by atoms with Crippen molar-refractivity contribution >= 4 is 0 Å². The molecule has 0 aliphatic carbocycles. The molecule has 0 aromatic carbocycles. The van der Waals surface area contributed by atoms with Gasteiger partial charge in [-0.1, -0.05) is 19.8 Å². The van der Waals surface area contributed by atoms with Crippen LogP contribution in [-0.2, 0) is 9.47 Å². The summed E-state index contributed by atoms with van der Waals surface area (Å²) < 4.78 is 10.8. The van der Waals surface area contributed by atoms with E-state index in [1.165, 1.54) is 25.7 Å². The highest BCUT2D eigenvalue weighted by Crippen LogP contribution is 2.24. The molecule has 1 rings (SSSR count). The van der Waals surface area contributed by atoms with Crippen LogP contribution in [0.15, 0.2) is 0 Å². The first-order valence-electron chi connectivity index (χ1n) is 6.19. The summed E-state index contributed by atoms with van der Waals surface area (Å²) in [5.41, 5.74) is 0. The smallest absolute Gasteiger partial charge is 0.0616 e. The molecule has 2 atom stereocenters. The summed E-state index contributed by atoms with van der Waals surface area (Å²) in [6.45, 7) is 6.02. The van der Waals surface area contributed by atoms with Gasteiger partial charge in [0.25, 0.3) is 0 Å². The molecule has 1 saturated heterocycles. The molecule has 1 aliphatic heterocycles. The topological polar surface area (TPSA) is 30.5 Å². The fourth-order valence-electron chi connectivity index (χ4n) is 2.11. The first kappa shape index (κ1) is 12.9. The third-order valence-corrected chi connectivity index (χ3v) is 3.08. The molecule has 1 N–H and O–H groups in total. The highest BCUT2D eigenvalue weighted by molar-refractivity contribution is 4.77. The van der Waals surface area contributed by atoms with E-state index in [0.29, 0.717) is 12.0 Å². The Morgan fingerprint density at radius 2 is 2.33 bits per heavy atom. The first-order chi connectivity index (χ1) is 7.38. The van der Waals surface area contributed by atoms with E-state index in [1.54, 1.807) is 7.11 Å². The molecule has 1 heterocycles. The Bertz CT molecular complexity index is 153. The third kappa shape index (κ3) is 4.96. The van der Waals surface area contributed by atoms with Crippen molar-refractivity contribution in [2.75, 3.05) is 33.4 Å². The number of rotatable bonds is 8. The average molecular weight is 215 g/mol. The molecule has 15 heavy (non-hydrogen) atoms. The second-order valence-electron chi connectivity index (χ2n) is 4.30. The van der Waals surface area contributed by atoms with Crippen LogP contribution < -0.4 is 5.32 Å². The molecule has 0 bridgehead atoms. The monoisotopic (exact) mass is 215 g/mol. The number of hydrogen-bond acceptors (Lipinski definition) is 3. The van der Waals surface area contributed by atoms with E-state index in [1.807, 2.05) is 0 Å². The number of ether oxygens (including phenoxy) is 2. The van der Waals surface area contributed by atoms with Crippen LogP contribution in [0.1, 0.15) is 32.6 Å². The van der Waals surface area contributed by atoms with Gasteiger partial charge in [-0.05, 0) is 18.8 Å². The molecule has 2 unspecified atom stereocenters. The Balaban J connectivity index is 2.09. The quantitative estimate of drug-likeness (QED) is 0.626. The lowest BCUT2D eigenvalue weighted by atomic mass is 9.97. The molecular weight excluding hydrogens is 190 g/mol. The van der Waals surface area contributed by atoms with E-state index < -0.39 is 0 Å². The summed E-state index contributed by atoms with van der Waals surface area (Å²) in [6.07, 6.45) is 5.50. The van der Waals surface area contributed by atoms with Crippen molar-refractivity contribution < 1.29 is 9.47 Å². The van der Waals surface area contributed by atoms with E-state index in [0.717, 1.165) is 26.3 Å². The lowest BCUT2D eigenvalue weighted by Gasteiger charge is -2.18. The number of hydrogen-bond donors (Lipinski definition) is 1. The molecule has 0 saturated carbocycles. The van der Waals surface area contributed by atoms with E-state index >= 15 is 0 Å². The summed E-state index contributed by atoms with van der Waals surface area (Å²) in [7, 11) is 1.74. The van der Waals surface area contributed by atoms with E-state index in [-0.39, 0.29) is 0 Å².